The van der Waals surface area contributed by atoms with Gasteiger partial charge in [-0.2, -0.15) is 0 Å². The Morgan fingerprint density at radius 2 is 2.10 bits per heavy atom. The lowest BCUT2D eigenvalue weighted by atomic mass is 9.92. The molecule has 0 radical (unpaired) electrons. The second kappa shape index (κ2) is 6.60. The summed E-state index contributed by atoms with van der Waals surface area (Å²) in [4.78, 5) is 25.4. The van der Waals surface area contributed by atoms with Crippen molar-refractivity contribution >= 4 is 27.8 Å². The molecule has 2 unspecified atom stereocenters. The van der Waals surface area contributed by atoms with Gasteiger partial charge in [0.1, 0.15) is 0 Å². The molecule has 4 nitrogen and oxygen atoms in total. The molecule has 2 atom stereocenters. The standard InChI is InChI=1S/C16H20BrNO3/c1-10-6-7-13(16(20)21)9-18(10)15(19)8-12-4-3-5-14(17)11(12)2/h3-5,10,13H,6-9H2,1-2H3,(H,20,21). The van der Waals surface area contributed by atoms with Gasteiger partial charge in [0.2, 0.25) is 5.91 Å². The number of carboxylic acid groups (broad SMARTS) is 1. The molecule has 1 N–H and O–H groups in total. The Kier molecular flexibility index (Phi) is 5.04. The van der Waals surface area contributed by atoms with Gasteiger partial charge in [-0.1, -0.05) is 28.1 Å². The average molecular weight is 354 g/mol. The minimum absolute atomic E-state index is 0.00894. The van der Waals surface area contributed by atoms with Crippen LogP contribution in [0.5, 0.6) is 0 Å². The molecule has 2 rings (SSSR count). The van der Waals surface area contributed by atoms with Crippen LogP contribution in [0.4, 0.5) is 0 Å². The summed E-state index contributed by atoms with van der Waals surface area (Å²) in [5, 5.41) is 9.15. The monoisotopic (exact) mass is 353 g/mol. The van der Waals surface area contributed by atoms with Crippen molar-refractivity contribution < 1.29 is 14.7 Å². The lowest BCUT2D eigenvalue weighted by Crippen LogP contribution is -2.48. The number of hydrogen-bond acceptors (Lipinski definition) is 2. The summed E-state index contributed by atoms with van der Waals surface area (Å²) in [5.74, 6) is -1.23. The number of hydrogen-bond donors (Lipinski definition) is 1. The molecule has 0 spiro atoms. The van der Waals surface area contributed by atoms with Crippen LogP contribution >= 0.6 is 15.9 Å². The number of amides is 1. The van der Waals surface area contributed by atoms with Crippen molar-refractivity contribution in [2.24, 2.45) is 5.92 Å². The summed E-state index contributed by atoms with van der Waals surface area (Å²) in [6.07, 6.45) is 1.72. The van der Waals surface area contributed by atoms with Crippen molar-refractivity contribution in [3.8, 4) is 0 Å². The first-order valence-corrected chi connectivity index (χ1v) is 7.95. The van der Waals surface area contributed by atoms with Gasteiger partial charge in [-0.25, -0.2) is 0 Å². The van der Waals surface area contributed by atoms with E-state index in [1.54, 1.807) is 4.90 Å². The van der Waals surface area contributed by atoms with Gasteiger partial charge in [-0.15, -0.1) is 0 Å². The lowest BCUT2D eigenvalue weighted by Gasteiger charge is -2.36. The zero-order chi connectivity index (χ0) is 15.6. The van der Waals surface area contributed by atoms with Crippen molar-refractivity contribution in [2.45, 2.75) is 39.2 Å². The summed E-state index contributed by atoms with van der Waals surface area (Å²) < 4.78 is 0.989. The van der Waals surface area contributed by atoms with Crippen molar-refractivity contribution in [3.05, 3.63) is 33.8 Å². The fourth-order valence-corrected chi connectivity index (χ4v) is 3.17. The van der Waals surface area contributed by atoms with Gasteiger partial charge in [0, 0.05) is 17.1 Å². The van der Waals surface area contributed by atoms with Crippen LogP contribution in [0.15, 0.2) is 22.7 Å². The molecule has 1 aromatic rings. The van der Waals surface area contributed by atoms with Crippen LogP contribution in [-0.2, 0) is 16.0 Å². The van der Waals surface area contributed by atoms with Gasteiger partial charge in [0.05, 0.1) is 12.3 Å². The fraction of sp³-hybridized carbons (Fsp3) is 0.500. The highest BCUT2D eigenvalue weighted by Gasteiger charge is 2.32. The first-order valence-electron chi connectivity index (χ1n) is 7.16. The molecule has 1 aliphatic rings. The van der Waals surface area contributed by atoms with Crippen LogP contribution < -0.4 is 0 Å². The molecule has 0 saturated carbocycles. The quantitative estimate of drug-likeness (QED) is 0.908. The number of carboxylic acids is 1. The second-order valence-corrected chi connectivity index (χ2v) is 6.56. The summed E-state index contributed by atoms with van der Waals surface area (Å²) >= 11 is 3.47. The predicted molar refractivity (Wildman–Crippen MR) is 84.1 cm³/mol. The molecular weight excluding hydrogens is 334 g/mol. The molecule has 114 valence electrons. The highest BCUT2D eigenvalue weighted by Crippen LogP contribution is 2.25. The Morgan fingerprint density at radius 1 is 1.38 bits per heavy atom. The maximum absolute atomic E-state index is 12.5. The largest absolute Gasteiger partial charge is 0.481 e. The normalized spacial score (nSPS) is 22.1. The van der Waals surface area contributed by atoms with Crippen molar-refractivity contribution in [1.82, 2.24) is 4.90 Å². The fourth-order valence-electron chi connectivity index (χ4n) is 2.76. The molecule has 1 amide bonds. The summed E-state index contributed by atoms with van der Waals surface area (Å²) in [6, 6.07) is 5.93. The Hall–Kier alpha value is -1.36. The van der Waals surface area contributed by atoms with Crippen molar-refractivity contribution in [3.63, 3.8) is 0 Å². The van der Waals surface area contributed by atoms with Crippen LogP contribution in [-0.4, -0.2) is 34.5 Å². The third-order valence-corrected chi connectivity index (χ3v) is 5.13. The van der Waals surface area contributed by atoms with E-state index in [-0.39, 0.29) is 11.9 Å². The number of carbonyl (C=O) groups excluding carboxylic acids is 1. The van der Waals surface area contributed by atoms with Crippen molar-refractivity contribution in [2.75, 3.05) is 6.54 Å². The van der Waals surface area contributed by atoms with E-state index < -0.39 is 11.9 Å². The van der Waals surface area contributed by atoms with Gasteiger partial charge in [-0.05, 0) is 43.9 Å². The maximum atomic E-state index is 12.5. The Morgan fingerprint density at radius 3 is 2.76 bits per heavy atom. The molecule has 0 bridgehead atoms. The number of carbonyl (C=O) groups is 2. The van der Waals surface area contributed by atoms with Gasteiger partial charge in [0.15, 0.2) is 0 Å². The van der Waals surface area contributed by atoms with E-state index in [4.69, 9.17) is 5.11 Å². The van der Waals surface area contributed by atoms with Gasteiger partial charge in [-0.3, -0.25) is 9.59 Å². The second-order valence-electron chi connectivity index (χ2n) is 5.71. The number of piperidine rings is 1. The molecule has 1 fully saturated rings. The molecule has 5 heteroatoms. The molecule has 1 saturated heterocycles. The van der Waals surface area contributed by atoms with E-state index in [1.807, 2.05) is 32.0 Å². The van der Waals surface area contributed by atoms with Crippen LogP contribution in [0.25, 0.3) is 0 Å². The van der Waals surface area contributed by atoms with Gasteiger partial charge < -0.3 is 10.0 Å². The molecule has 21 heavy (non-hydrogen) atoms. The van der Waals surface area contributed by atoms with Gasteiger partial charge in [0.25, 0.3) is 0 Å². The van der Waals surface area contributed by atoms with Crippen LogP contribution in [0.1, 0.15) is 30.9 Å². The first-order chi connectivity index (χ1) is 9.90. The summed E-state index contributed by atoms with van der Waals surface area (Å²) in [5.41, 5.74) is 2.05. The summed E-state index contributed by atoms with van der Waals surface area (Å²) in [6.45, 7) is 4.29. The molecule has 0 aliphatic carbocycles. The number of aliphatic carboxylic acids is 1. The van der Waals surface area contributed by atoms with Gasteiger partial charge >= 0.3 is 5.97 Å². The Bertz CT molecular complexity index is 558. The smallest absolute Gasteiger partial charge is 0.308 e. The maximum Gasteiger partial charge on any atom is 0.308 e. The third kappa shape index (κ3) is 3.64. The number of benzene rings is 1. The number of nitrogens with zero attached hydrogens (tertiary/aromatic N) is 1. The molecule has 1 aromatic carbocycles. The molecule has 0 aromatic heterocycles. The van der Waals surface area contributed by atoms with E-state index in [2.05, 4.69) is 15.9 Å². The topological polar surface area (TPSA) is 57.6 Å². The molecular formula is C16H20BrNO3. The van der Waals surface area contributed by atoms with Crippen molar-refractivity contribution in [1.29, 1.82) is 0 Å². The highest BCUT2D eigenvalue weighted by atomic mass is 79.9. The number of halogens is 1. The number of likely N-dealkylation sites (tertiary alicyclic amines) is 1. The Labute approximate surface area is 133 Å². The zero-order valence-corrected chi connectivity index (χ0v) is 13.9. The minimum Gasteiger partial charge on any atom is -0.481 e. The van der Waals surface area contributed by atoms with E-state index in [9.17, 15) is 9.59 Å². The van der Waals surface area contributed by atoms with E-state index in [0.717, 1.165) is 22.0 Å². The zero-order valence-electron chi connectivity index (χ0n) is 12.3. The highest BCUT2D eigenvalue weighted by molar-refractivity contribution is 9.10. The lowest BCUT2D eigenvalue weighted by molar-refractivity contribution is -0.147. The third-order valence-electron chi connectivity index (χ3n) is 4.27. The minimum atomic E-state index is -0.807. The molecule has 1 heterocycles. The molecule has 1 aliphatic heterocycles. The summed E-state index contributed by atoms with van der Waals surface area (Å²) in [7, 11) is 0. The van der Waals surface area contributed by atoms with E-state index in [1.165, 1.54) is 0 Å². The first kappa shape index (κ1) is 16.0. The predicted octanol–water partition coefficient (Wildman–Crippen LogP) is 3.01. The van der Waals surface area contributed by atoms with E-state index in [0.29, 0.717) is 19.4 Å². The Balaban J connectivity index is 2.11. The van der Waals surface area contributed by atoms with Crippen LogP contribution in [0.2, 0.25) is 0 Å². The van der Waals surface area contributed by atoms with E-state index >= 15 is 0 Å². The average Bonchev–Trinajstić information content (AvgIpc) is 2.44. The number of rotatable bonds is 3. The SMILES string of the molecule is Cc1c(Br)cccc1CC(=O)N1CC(C(=O)O)CCC1C. The van der Waals surface area contributed by atoms with Crippen LogP contribution in [0, 0.1) is 12.8 Å². The van der Waals surface area contributed by atoms with Crippen LogP contribution in [0.3, 0.4) is 0 Å².